The van der Waals surface area contributed by atoms with Crippen LogP contribution in [-0.4, -0.2) is 46.5 Å². The van der Waals surface area contributed by atoms with Gasteiger partial charge in [0, 0.05) is 23.8 Å². The summed E-state index contributed by atoms with van der Waals surface area (Å²) in [5.74, 6) is -1.21. The quantitative estimate of drug-likeness (QED) is 0.482. The summed E-state index contributed by atoms with van der Waals surface area (Å²) in [5.41, 5.74) is 1.10. The minimum Gasteiger partial charge on any atom is -0.371 e. The number of rotatable bonds is 5. The van der Waals surface area contributed by atoms with Crippen molar-refractivity contribution in [1.29, 1.82) is 0 Å². The molecule has 0 saturated heterocycles. The van der Waals surface area contributed by atoms with Crippen molar-refractivity contribution in [3.8, 4) is 0 Å². The Kier molecular flexibility index (Phi) is 6.34. The summed E-state index contributed by atoms with van der Waals surface area (Å²) in [5, 5.41) is 0. The third kappa shape index (κ3) is 4.40. The lowest BCUT2D eigenvalue weighted by molar-refractivity contribution is -0.115. The molecule has 1 aliphatic heterocycles. The van der Waals surface area contributed by atoms with E-state index < -0.39 is 37.3 Å². The lowest BCUT2D eigenvalue weighted by atomic mass is 9.86. The molecule has 0 spiro atoms. The molecule has 9 heteroatoms. The van der Waals surface area contributed by atoms with Gasteiger partial charge < -0.3 is 4.74 Å². The maximum absolute atomic E-state index is 13.5. The molecule has 7 nitrogen and oxygen atoms in total. The Morgan fingerprint density at radius 2 is 1.84 bits per heavy atom. The first kappa shape index (κ1) is 23.8. The number of fused-ring (bicyclic) bond motifs is 1. The molecule has 0 aromatic heterocycles. The Balaban J connectivity index is 2.29. The monoisotopic (exact) mass is 468 g/mol. The van der Waals surface area contributed by atoms with E-state index in [1.54, 1.807) is 13.8 Å². The number of ether oxygens (including phenoxy) is 1. The highest BCUT2D eigenvalue weighted by molar-refractivity contribution is 7.94. The second-order valence-corrected chi connectivity index (χ2v) is 12.6. The van der Waals surface area contributed by atoms with Crippen molar-refractivity contribution in [3.63, 3.8) is 0 Å². The molecule has 3 rings (SSSR count). The Bertz CT molecular complexity index is 1200. The number of allylic oxidation sites excluding steroid dienone is 2. The van der Waals surface area contributed by atoms with Gasteiger partial charge in [-0.3, -0.25) is 9.59 Å². The molecule has 1 aromatic rings. The van der Waals surface area contributed by atoms with Gasteiger partial charge in [-0.25, -0.2) is 16.8 Å². The van der Waals surface area contributed by atoms with Crippen molar-refractivity contribution in [2.24, 2.45) is 0 Å². The summed E-state index contributed by atoms with van der Waals surface area (Å²) in [6.45, 7) is 6.95. The lowest BCUT2D eigenvalue weighted by Crippen LogP contribution is -2.28. The Hall–Kier alpha value is -1.84. The average Bonchev–Trinajstić information content (AvgIpc) is 2.64. The minimum atomic E-state index is -3.73. The number of benzene rings is 1. The normalized spacial score (nSPS) is 21.4. The second kappa shape index (κ2) is 8.26. The van der Waals surface area contributed by atoms with Crippen molar-refractivity contribution in [3.05, 3.63) is 38.8 Å². The number of Topliss-reactive ketones (excluding diaryl/α,β-unsaturated/α-hetero) is 2. The number of carbonyl (C=O) groups excluding carboxylic acids is 2. The zero-order valence-corrected chi connectivity index (χ0v) is 20.1. The molecule has 1 heterocycles. The average molecular weight is 469 g/mol. The van der Waals surface area contributed by atoms with Gasteiger partial charge in [0.15, 0.2) is 31.2 Å². The standard InChI is InChI=1S/C22H28O7S2/c1-12(2)29-17-9-10-31(27,28)22-13(3)11-15(14(4)19(17)22)21(24)20-16(23)7-6-8-18(20)30(5,25)26/h11-12,17H,6-10H2,1-5H3. The van der Waals surface area contributed by atoms with E-state index in [9.17, 15) is 26.4 Å². The van der Waals surface area contributed by atoms with Gasteiger partial charge in [0.05, 0.1) is 33.3 Å². The Morgan fingerprint density at radius 3 is 2.42 bits per heavy atom. The van der Waals surface area contributed by atoms with Crippen LogP contribution in [0.15, 0.2) is 21.4 Å². The molecule has 1 aromatic carbocycles. The first-order chi connectivity index (χ1) is 14.3. The van der Waals surface area contributed by atoms with Crippen molar-refractivity contribution in [2.75, 3.05) is 12.0 Å². The molecule has 0 bridgehead atoms. The van der Waals surface area contributed by atoms with Crippen LogP contribution in [0.3, 0.4) is 0 Å². The zero-order valence-electron chi connectivity index (χ0n) is 18.4. The minimum absolute atomic E-state index is 0.0488. The number of hydrogen-bond donors (Lipinski definition) is 0. The third-order valence-electron chi connectivity index (χ3n) is 5.77. The summed E-state index contributed by atoms with van der Waals surface area (Å²) in [4.78, 5) is 26.1. The summed E-state index contributed by atoms with van der Waals surface area (Å²) in [7, 11) is -7.27. The van der Waals surface area contributed by atoms with Crippen LogP contribution in [0, 0.1) is 13.8 Å². The topological polar surface area (TPSA) is 112 Å². The molecule has 0 fully saturated rings. The predicted octanol–water partition coefficient (Wildman–Crippen LogP) is 3.18. The smallest absolute Gasteiger partial charge is 0.197 e. The number of aryl methyl sites for hydroxylation is 1. The van der Waals surface area contributed by atoms with E-state index in [2.05, 4.69) is 0 Å². The van der Waals surface area contributed by atoms with Gasteiger partial charge in [-0.2, -0.15) is 0 Å². The van der Waals surface area contributed by atoms with E-state index in [-0.39, 0.29) is 52.1 Å². The highest BCUT2D eigenvalue weighted by atomic mass is 32.2. The summed E-state index contributed by atoms with van der Waals surface area (Å²) < 4.78 is 56.1. The molecular formula is C22H28O7S2. The van der Waals surface area contributed by atoms with Gasteiger partial charge >= 0.3 is 0 Å². The van der Waals surface area contributed by atoms with Crippen LogP contribution in [0.1, 0.15) is 72.7 Å². The fourth-order valence-electron chi connectivity index (χ4n) is 4.50. The first-order valence-electron chi connectivity index (χ1n) is 10.3. The largest absolute Gasteiger partial charge is 0.371 e. The van der Waals surface area contributed by atoms with Crippen LogP contribution < -0.4 is 0 Å². The van der Waals surface area contributed by atoms with Crippen molar-refractivity contribution in [1.82, 2.24) is 0 Å². The fraction of sp³-hybridized carbons (Fsp3) is 0.545. The van der Waals surface area contributed by atoms with Crippen LogP contribution in [0.4, 0.5) is 0 Å². The SMILES string of the molecule is Cc1cc(C(=O)C2=C(S(C)(=O)=O)CCCC2=O)c(C)c2c1S(=O)(=O)CCC2OC(C)C. The predicted molar refractivity (Wildman–Crippen MR) is 117 cm³/mol. The van der Waals surface area contributed by atoms with Gasteiger partial charge in [0.25, 0.3) is 0 Å². The van der Waals surface area contributed by atoms with Crippen LogP contribution in [-0.2, 0) is 29.2 Å². The van der Waals surface area contributed by atoms with Crippen LogP contribution in [0.5, 0.6) is 0 Å². The maximum Gasteiger partial charge on any atom is 0.197 e. The van der Waals surface area contributed by atoms with Crippen molar-refractivity contribution < 1.29 is 31.2 Å². The highest BCUT2D eigenvalue weighted by Crippen LogP contribution is 2.41. The molecule has 31 heavy (non-hydrogen) atoms. The van der Waals surface area contributed by atoms with E-state index >= 15 is 0 Å². The molecule has 0 radical (unpaired) electrons. The van der Waals surface area contributed by atoms with E-state index in [1.807, 2.05) is 13.8 Å². The number of carbonyl (C=O) groups is 2. The van der Waals surface area contributed by atoms with Gasteiger partial charge in [-0.05, 0) is 64.2 Å². The van der Waals surface area contributed by atoms with Crippen LogP contribution >= 0.6 is 0 Å². The highest BCUT2D eigenvalue weighted by Gasteiger charge is 2.38. The number of hydrogen-bond acceptors (Lipinski definition) is 7. The van der Waals surface area contributed by atoms with E-state index in [1.165, 1.54) is 6.07 Å². The molecule has 1 unspecified atom stereocenters. The van der Waals surface area contributed by atoms with Gasteiger partial charge in [0.1, 0.15) is 0 Å². The number of sulfone groups is 2. The Morgan fingerprint density at radius 1 is 1.19 bits per heavy atom. The van der Waals surface area contributed by atoms with Crippen molar-refractivity contribution in [2.45, 2.75) is 70.5 Å². The maximum atomic E-state index is 13.5. The molecule has 1 aliphatic carbocycles. The fourth-order valence-corrected chi connectivity index (χ4v) is 7.49. The molecule has 170 valence electrons. The molecule has 0 saturated carbocycles. The van der Waals surface area contributed by atoms with E-state index in [0.717, 1.165) is 6.26 Å². The van der Waals surface area contributed by atoms with Crippen molar-refractivity contribution >= 4 is 31.2 Å². The molecular weight excluding hydrogens is 440 g/mol. The zero-order chi connectivity index (χ0) is 23.3. The van der Waals surface area contributed by atoms with E-state index in [4.69, 9.17) is 4.74 Å². The van der Waals surface area contributed by atoms with Crippen LogP contribution in [0.2, 0.25) is 0 Å². The molecule has 2 aliphatic rings. The number of ketones is 2. The third-order valence-corrected chi connectivity index (χ3v) is 9.01. The summed E-state index contributed by atoms with van der Waals surface area (Å²) in [6, 6.07) is 1.46. The first-order valence-corrected chi connectivity index (χ1v) is 13.8. The van der Waals surface area contributed by atoms with Gasteiger partial charge in [0.2, 0.25) is 0 Å². The lowest BCUT2D eigenvalue weighted by Gasteiger charge is -2.31. The Labute approximate surface area is 183 Å². The summed E-state index contributed by atoms with van der Waals surface area (Å²) >= 11 is 0. The molecule has 0 amide bonds. The summed E-state index contributed by atoms with van der Waals surface area (Å²) in [6.07, 6.45) is 1.23. The molecule has 1 atom stereocenters. The van der Waals surface area contributed by atoms with Gasteiger partial charge in [-0.1, -0.05) is 0 Å². The van der Waals surface area contributed by atoms with E-state index in [0.29, 0.717) is 23.1 Å². The van der Waals surface area contributed by atoms with Crippen LogP contribution in [0.25, 0.3) is 0 Å². The molecule has 0 N–H and O–H groups in total. The van der Waals surface area contributed by atoms with Gasteiger partial charge in [-0.15, -0.1) is 0 Å². The second-order valence-electron chi connectivity index (χ2n) is 8.57.